The molecule has 0 aliphatic carbocycles. The third-order valence-electron chi connectivity index (χ3n) is 3.56. The Morgan fingerprint density at radius 2 is 2.04 bits per heavy atom. The van der Waals surface area contributed by atoms with Crippen molar-refractivity contribution in [3.63, 3.8) is 0 Å². The lowest BCUT2D eigenvalue weighted by Gasteiger charge is -2.15. The van der Waals surface area contributed by atoms with Crippen LogP contribution in [0, 0.1) is 0 Å². The molecule has 0 fully saturated rings. The number of aromatic hydroxyl groups is 1. The second-order valence-electron chi connectivity index (χ2n) is 5.43. The van der Waals surface area contributed by atoms with Crippen molar-refractivity contribution < 1.29 is 19.1 Å². The molecule has 0 bridgehead atoms. The molecule has 0 unspecified atom stereocenters. The highest BCUT2D eigenvalue weighted by Gasteiger charge is 2.15. The number of hydrogen-bond donors (Lipinski definition) is 1. The Morgan fingerprint density at radius 1 is 1.30 bits per heavy atom. The van der Waals surface area contributed by atoms with E-state index in [0.717, 1.165) is 29.9 Å². The molecule has 1 aromatic heterocycles. The van der Waals surface area contributed by atoms with Gasteiger partial charge in [-0.15, -0.1) is 0 Å². The van der Waals surface area contributed by atoms with Gasteiger partial charge in [-0.25, -0.2) is 0 Å². The van der Waals surface area contributed by atoms with E-state index in [1.54, 1.807) is 6.92 Å². The van der Waals surface area contributed by atoms with E-state index in [2.05, 4.69) is 0 Å². The van der Waals surface area contributed by atoms with Crippen LogP contribution in [0.25, 0.3) is 11.1 Å². The van der Waals surface area contributed by atoms with Crippen LogP contribution in [-0.2, 0) is 16.0 Å². The van der Waals surface area contributed by atoms with Gasteiger partial charge in [0, 0.05) is 6.42 Å². The lowest BCUT2D eigenvalue weighted by Crippen LogP contribution is -2.28. The molecule has 0 saturated carbocycles. The van der Waals surface area contributed by atoms with Crippen molar-refractivity contribution in [2.24, 2.45) is 0 Å². The molecule has 1 heterocycles. The molecule has 124 valence electrons. The first-order chi connectivity index (χ1) is 11.1. The third-order valence-corrected chi connectivity index (χ3v) is 3.56. The molecular formula is C18H23NO4. The summed E-state index contributed by atoms with van der Waals surface area (Å²) < 4.78 is 10.4. The first-order valence-electron chi connectivity index (χ1n) is 7.80. The van der Waals surface area contributed by atoms with Gasteiger partial charge >= 0.3 is 5.97 Å². The average Bonchev–Trinajstić information content (AvgIpc) is 2.89. The Kier molecular flexibility index (Phi) is 6.23. The summed E-state index contributed by atoms with van der Waals surface area (Å²) in [5, 5.41) is 10.0. The van der Waals surface area contributed by atoms with E-state index < -0.39 is 0 Å². The van der Waals surface area contributed by atoms with Crippen molar-refractivity contribution in [1.82, 2.24) is 4.90 Å². The van der Waals surface area contributed by atoms with Gasteiger partial charge in [0.05, 0.1) is 18.7 Å². The van der Waals surface area contributed by atoms with Crippen LogP contribution in [0.4, 0.5) is 0 Å². The van der Waals surface area contributed by atoms with E-state index in [1.165, 1.54) is 6.26 Å². The smallest absolute Gasteiger partial charge is 0.320 e. The number of aryl methyl sites for hydroxylation is 1. The summed E-state index contributed by atoms with van der Waals surface area (Å²) in [7, 11) is 1.88. The van der Waals surface area contributed by atoms with Crippen LogP contribution >= 0.6 is 0 Å². The van der Waals surface area contributed by atoms with E-state index in [1.807, 2.05) is 42.3 Å². The number of benzene rings is 1. The summed E-state index contributed by atoms with van der Waals surface area (Å²) in [4.78, 5) is 13.3. The fourth-order valence-corrected chi connectivity index (χ4v) is 2.50. The largest absolute Gasteiger partial charge is 0.504 e. The number of carbonyl (C=O) groups excluding carboxylic acids is 1. The van der Waals surface area contributed by atoms with Crippen LogP contribution in [0.1, 0.15) is 19.1 Å². The summed E-state index contributed by atoms with van der Waals surface area (Å²) in [5.74, 6) is 0.708. The summed E-state index contributed by atoms with van der Waals surface area (Å²) in [6.45, 7) is 3.22. The van der Waals surface area contributed by atoms with Crippen molar-refractivity contribution in [1.29, 1.82) is 0 Å². The standard InChI is InChI=1S/C18H23NO4/c1-3-22-17(21)12-19(2)11-7-10-16-18(15(20)13-23-16)14-8-5-4-6-9-14/h4-6,8-9,13,20H,3,7,10-12H2,1-2H3. The number of nitrogens with zero attached hydrogens (tertiary/aromatic N) is 1. The fraction of sp³-hybridized carbons (Fsp3) is 0.389. The highest BCUT2D eigenvalue weighted by Crippen LogP contribution is 2.34. The predicted molar refractivity (Wildman–Crippen MR) is 88.3 cm³/mol. The van der Waals surface area contributed by atoms with Gasteiger partial charge in [0.1, 0.15) is 12.0 Å². The maximum atomic E-state index is 11.4. The number of ether oxygens (including phenoxy) is 1. The quantitative estimate of drug-likeness (QED) is 0.758. The summed E-state index contributed by atoms with van der Waals surface area (Å²) >= 11 is 0. The summed E-state index contributed by atoms with van der Waals surface area (Å²) in [5.41, 5.74) is 1.69. The molecule has 5 heteroatoms. The van der Waals surface area contributed by atoms with Crippen LogP contribution in [0.2, 0.25) is 0 Å². The van der Waals surface area contributed by atoms with Crippen molar-refractivity contribution >= 4 is 5.97 Å². The van der Waals surface area contributed by atoms with Gasteiger partial charge in [0.2, 0.25) is 0 Å². The van der Waals surface area contributed by atoms with Gasteiger partial charge in [0.15, 0.2) is 5.75 Å². The minimum atomic E-state index is -0.212. The molecule has 0 aliphatic heterocycles. The van der Waals surface area contributed by atoms with Gasteiger partial charge in [0.25, 0.3) is 0 Å². The Morgan fingerprint density at radius 3 is 2.74 bits per heavy atom. The number of carbonyl (C=O) groups is 1. The third kappa shape index (κ3) is 4.86. The molecule has 0 radical (unpaired) electrons. The molecule has 23 heavy (non-hydrogen) atoms. The van der Waals surface area contributed by atoms with Crippen LogP contribution in [0.3, 0.4) is 0 Å². The van der Waals surface area contributed by atoms with E-state index in [-0.39, 0.29) is 18.3 Å². The minimum absolute atomic E-state index is 0.158. The van der Waals surface area contributed by atoms with E-state index in [9.17, 15) is 9.90 Å². The molecule has 0 spiro atoms. The zero-order valence-electron chi connectivity index (χ0n) is 13.6. The Labute approximate surface area is 136 Å². The predicted octanol–water partition coefficient (Wildman–Crippen LogP) is 3.08. The van der Waals surface area contributed by atoms with Crippen LogP contribution in [0.5, 0.6) is 5.75 Å². The van der Waals surface area contributed by atoms with Crippen LogP contribution < -0.4 is 0 Å². The number of esters is 1. The van der Waals surface area contributed by atoms with Gasteiger partial charge in [-0.3, -0.25) is 9.69 Å². The highest BCUT2D eigenvalue weighted by molar-refractivity contribution is 5.72. The van der Waals surface area contributed by atoms with Gasteiger partial charge in [-0.2, -0.15) is 0 Å². The van der Waals surface area contributed by atoms with Gasteiger partial charge in [-0.1, -0.05) is 30.3 Å². The Bertz CT molecular complexity index is 621. The molecule has 5 nitrogen and oxygen atoms in total. The van der Waals surface area contributed by atoms with E-state index in [0.29, 0.717) is 13.0 Å². The molecule has 2 aromatic rings. The van der Waals surface area contributed by atoms with E-state index in [4.69, 9.17) is 9.15 Å². The molecular weight excluding hydrogens is 294 g/mol. The number of hydrogen-bond acceptors (Lipinski definition) is 5. The first-order valence-corrected chi connectivity index (χ1v) is 7.80. The molecule has 2 rings (SSSR count). The van der Waals surface area contributed by atoms with Gasteiger partial charge in [-0.05, 0) is 32.5 Å². The maximum Gasteiger partial charge on any atom is 0.320 e. The Balaban J connectivity index is 1.91. The maximum absolute atomic E-state index is 11.4. The van der Waals surface area contributed by atoms with Crippen LogP contribution in [-0.4, -0.2) is 42.7 Å². The Hall–Kier alpha value is -2.27. The van der Waals surface area contributed by atoms with Crippen molar-refractivity contribution in [3.8, 4) is 16.9 Å². The van der Waals surface area contributed by atoms with Crippen molar-refractivity contribution in [2.45, 2.75) is 19.8 Å². The lowest BCUT2D eigenvalue weighted by atomic mass is 10.0. The fourth-order valence-electron chi connectivity index (χ4n) is 2.50. The molecule has 0 atom stereocenters. The number of furan rings is 1. The van der Waals surface area contributed by atoms with Gasteiger partial charge < -0.3 is 14.3 Å². The summed E-state index contributed by atoms with van der Waals surface area (Å²) in [6.07, 6.45) is 2.89. The summed E-state index contributed by atoms with van der Waals surface area (Å²) in [6, 6.07) is 9.68. The number of likely N-dealkylation sites (N-methyl/N-ethyl adjacent to an activating group) is 1. The highest BCUT2D eigenvalue weighted by atomic mass is 16.5. The topological polar surface area (TPSA) is 62.9 Å². The molecule has 0 amide bonds. The monoisotopic (exact) mass is 317 g/mol. The molecule has 1 N–H and O–H groups in total. The van der Waals surface area contributed by atoms with Crippen molar-refractivity contribution in [3.05, 3.63) is 42.4 Å². The number of rotatable bonds is 8. The normalized spacial score (nSPS) is 10.9. The second-order valence-corrected chi connectivity index (χ2v) is 5.43. The lowest BCUT2D eigenvalue weighted by molar-refractivity contribution is -0.144. The zero-order chi connectivity index (χ0) is 16.7. The average molecular weight is 317 g/mol. The van der Waals surface area contributed by atoms with Crippen LogP contribution in [0.15, 0.2) is 41.0 Å². The molecule has 0 saturated heterocycles. The van der Waals surface area contributed by atoms with E-state index >= 15 is 0 Å². The zero-order valence-corrected chi connectivity index (χ0v) is 13.6. The molecule has 0 aliphatic rings. The second kappa shape index (κ2) is 8.39. The SMILES string of the molecule is CCOC(=O)CN(C)CCCc1occ(O)c1-c1ccccc1. The molecule has 1 aromatic carbocycles. The van der Waals surface area contributed by atoms with Crippen molar-refractivity contribution in [2.75, 3.05) is 26.7 Å². The minimum Gasteiger partial charge on any atom is -0.504 e. The first kappa shape index (κ1) is 17.1.